The van der Waals surface area contributed by atoms with Gasteiger partial charge in [0, 0.05) is 0 Å². The van der Waals surface area contributed by atoms with Crippen LogP contribution in [0.2, 0.25) is 0 Å². The highest BCUT2D eigenvalue weighted by atomic mass is 19.1. The second kappa shape index (κ2) is 8.11. The Morgan fingerprint density at radius 3 is 2.12 bits per heavy atom. The molecule has 0 aliphatic rings. The van der Waals surface area contributed by atoms with Crippen molar-refractivity contribution in [2.75, 3.05) is 11.6 Å². The lowest BCUT2D eigenvalue weighted by Crippen LogP contribution is -2.31. The average molecular weight is 335 g/mol. The van der Waals surface area contributed by atoms with Crippen molar-refractivity contribution in [2.45, 2.75) is 6.54 Å². The Kier molecular flexibility index (Phi) is 5.42. The summed E-state index contributed by atoms with van der Waals surface area (Å²) in [4.78, 5) is 13.6. The van der Waals surface area contributed by atoms with Gasteiger partial charge in [-0.05, 0) is 29.8 Å². The van der Waals surface area contributed by atoms with Crippen LogP contribution >= 0.6 is 0 Å². The zero-order chi connectivity index (χ0) is 17.5. The zero-order valence-electron chi connectivity index (χ0n) is 13.6. The van der Waals surface area contributed by atoms with E-state index < -0.39 is 12.6 Å². The molecule has 3 aromatic rings. The minimum Gasteiger partial charge on any atom is -0.455 e. The van der Waals surface area contributed by atoms with Crippen LogP contribution in [-0.4, -0.2) is 12.6 Å². The molecule has 0 saturated heterocycles. The average Bonchev–Trinajstić information content (AvgIpc) is 2.68. The molecule has 0 atom stereocenters. The Bertz CT molecular complexity index is 822. The molecule has 3 aromatic carbocycles. The molecular weight excluding hydrogens is 317 g/mol. The van der Waals surface area contributed by atoms with E-state index >= 15 is 0 Å². The standard InChI is InChI=1S/C21H18FNO2/c22-15-21(24)23(16-17-9-3-1-4-10-17)19-13-7-8-14-20(19)25-18-11-5-2-6-12-18/h1-14H,15-16H2. The Balaban J connectivity index is 1.94. The van der Waals surface area contributed by atoms with Gasteiger partial charge in [-0.25, -0.2) is 4.39 Å². The van der Waals surface area contributed by atoms with Crippen LogP contribution in [0.5, 0.6) is 11.5 Å². The molecule has 0 saturated carbocycles. The van der Waals surface area contributed by atoms with Crippen LogP contribution in [-0.2, 0) is 11.3 Å². The molecule has 0 heterocycles. The third-order valence-electron chi connectivity index (χ3n) is 3.73. The lowest BCUT2D eigenvalue weighted by Gasteiger charge is -2.24. The van der Waals surface area contributed by atoms with Gasteiger partial charge in [-0.15, -0.1) is 0 Å². The number of ether oxygens (including phenoxy) is 1. The minimum absolute atomic E-state index is 0.277. The lowest BCUT2D eigenvalue weighted by molar-refractivity contribution is -0.119. The number of amides is 1. The van der Waals surface area contributed by atoms with E-state index in [2.05, 4.69) is 0 Å². The van der Waals surface area contributed by atoms with Gasteiger partial charge in [0.05, 0.1) is 12.2 Å². The third kappa shape index (κ3) is 4.23. The SMILES string of the molecule is O=C(CF)N(Cc1ccccc1)c1ccccc1Oc1ccccc1. The first-order valence-corrected chi connectivity index (χ1v) is 8.00. The van der Waals surface area contributed by atoms with Gasteiger partial charge in [0.15, 0.2) is 12.4 Å². The molecule has 0 aromatic heterocycles. The number of anilines is 1. The molecule has 0 radical (unpaired) electrons. The fourth-order valence-electron chi connectivity index (χ4n) is 2.53. The maximum absolute atomic E-state index is 13.2. The minimum atomic E-state index is -1.06. The lowest BCUT2D eigenvalue weighted by atomic mass is 10.2. The maximum atomic E-state index is 13.2. The predicted octanol–water partition coefficient (Wildman–Crippen LogP) is 4.98. The summed E-state index contributed by atoms with van der Waals surface area (Å²) in [7, 11) is 0. The largest absolute Gasteiger partial charge is 0.455 e. The summed E-state index contributed by atoms with van der Waals surface area (Å²) in [5.41, 5.74) is 1.46. The zero-order valence-corrected chi connectivity index (χ0v) is 13.6. The number of para-hydroxylation sites is 3. The molecule has 0 aliphatic carbocycles. The monoisotopic (exact) mass is 335 g/mol. The van der Waals surface area contributed by atoms with Crippen LogP contribution in [0.15, 0.2) is 84.9 Å². The van der Waals surface area contributed by atoms with Crippen molar-refractivity contribution >= 4 is 11.6 Å². The fourth-order valence-corrected chi connectivity index (χ4v) is 2.53. The molecule has 0 spiro atoms. The normalized spacial score (nSPS) is 10.3. The molecule has 0 aliphatic heterocycles. The van der Waals surface area contributed by atoms with Gasteiger partial charge in [-0.2, -0.15) is 0 Å². The maximum Gasteiger partial charge on any atom is 0.258 e. The quantitative estimate of drug-likeness (QED) is 0.636. The highest BCUT2D eigenvalue weighted by Gasteiger charge is 2.20. The molecule has 0 fully saturated rings. The van der Waals surface area contributed by atoms with Gasteiger partial charge in [0.1, 0.15) is 5.75 Å². The molecule has 0 bridgehead atoms. The summed E-state index contributed by atoms with van der Waals surface area (Å²) in [5.74, 6) is 0.557. The number of alkyl halides is 1. The summed E-state index contributed by atoms with van der Waals surface area (Å²) >= 11 is 0. The molecule has 3 nitrogen and oxygen atoms in total. The number of rotatable bonds is 6. The topological polar surface area (TPSA) is 29.5 Å². The highest BCUT2D eigenvalue weighted by molar-refractivity contribution is 5.95. The van der Waals surface area contributed by atoms with E-state index in [-0.39, 0.29) is 6.54 Å². The number of halogens is 1. The van der Waals surface area contributed by atoms with Crippen molar-refractivity contribution in [3.63, 3.8) is 0 Å². The smallest absolute Gasteiger partial charge is 0.258 e. The molecule has 126 valence electrons. The van der Waals surface area contributed by atoms with E-state index in [4.69, 9.17) is 4.74 Å². The number of benzene rings is 3. The van der Waals surface area contributed by atoms with Crippen LogP contribution < -0.4 is 9.64 Å². The molecule has 4 heteroatoms. The van der Waals surface area contributed by atoms with Crippen molar-refractivity contribution in [2.24, 2.45) is 0 Å². The summed E-state index contributed by atoms with van der Waals surface area (Å²) < 4.78 is 19.1. The van der Waals surface area contributed by atoms with Crippen molar-refractivity contribution in [1.29, 1.82) is 0 Å². The van der Waals surface area contributed by atoms with Crippen LogP contribution in [0.4, 0.5) is 10.1 Å². The van der Waals surface area contributed by atoms with Gasteiger partial charge < -0.3 is 9.64 Å². The number of hydrogen-bond donors (Lipinski definition) is 0. The van der Waals surface area contributed by atoms with Crippen LogP contribution in [0, 0.1) is 0 Å². The molecule has 0 N–H and O–H groups in total. The van der Waals surface area contributed by atoms with E-state index in [0.717, 1.165) is 5.56 Å². The molecular formula is C21H18FNO2. The van der Waals surface area contributed by atoms with Gasteiger partial charge in [-0.1, -0.05) is 60.7 Å². The van der Waals surface area contributed by atoms with Crippen LogP contribution in [0.3, 0.4) is 0 Å². The van der Waals surface area contributed by atoms with Crippen LogP contribution in [0.25, 0.3) is 0 Å². The predicted molar refractivity (Wildman–Crippen MR) is 96.6 cm³/mol. The summed E-state index contributed by atoms with van der Waals surface area (Å²) in [6.45, 7) is -0.786. The summed E-state index contributed by atoms with van der Waals surface area (Å²) in [5, 5.41) is 0. The first-order valence-electron chi connectivity index (χ1n) is 8.00. The van der Waals surface area contributed by atoms with Gasteiger partial charge in [0.2, 0.25) is 0 Å². The van der Waals surface area contributed by atoms with Gasteiger partial charge in [-0.3, -0.25) is 4.79 Å². The molecule has 3 rings (SSSR count). The highest BCUT2D eigenvalue weighted by Crippen LogP contribution is 2.33. The first kappa shape index (κ1) is 16.7. The Labute approximate surface area is 146 Å². The number of nitrogens with zero attached hydrogens (tertiary/aromatic N) is 1. The van der Waals surface area contributed by atoms with E-state index in [1.165, 1.54) is 4.90 Å². The van der Waals surface area contributed by atoms with Crippen molar-refractivity contribution in [3.05, 3.63) is 90.5 Å². The van der Waals surface area contributed by atoms with Crippen LogP contribution in [0.1, 0.15) is 5.56 Å². The number of carbonyl (C=O) groups is 1. The second-order valence-corrected chi connectivity index (χ2v) is 5.48. The molecule has 1 amide bonds. The molecule has 25 heavy (non-hydrogen) atoms. The van der Waals surface area contributed by atoms with E-state index in [0.29, 0.717) is 17.2 Å². The molecule has 0 unspecified atom stereocenters. The van der Waals surface area contributed by atoms with Gasteiger partial charge in [0.25, 0.3) is 5.91 Å². The first-order chi connectivity index (χ1) is 12.3. The fraction of sp³-hybridized carbons (Fsp3) is 0.0952. The van der Waals surface area contributed by atoms with Crippen molar-refractivity contribution in [3.8, 4) is 11.5 Å². The second-order valence-electron chi connectivity index (χ2n) is 5.48. The summed E-state index contributed by atoms with van der Waals surface area (Å²) in [6, 6.07) is 25.9. The van der Waals surface area contributed by atoms with Crippen molar-refractivity contribution < 1.29 is 13.9 Å². The number of carbonyl (C=O) groups excluding carboxylic acids is 1. The third-order valence-corrected chi connectivity index (χ3v) is 3.73. The van der Waals surface area contributed by atoms with Crippen molar-refractivity contribution in [1.82, 2.24) is 0 Å². The van der Waals surface area contributed by atoms with Gasteiger partial charge >= 0.3 is 0 Å². The van der Waals surface area contributed by atoms with E-state index in [1.54, 1.807) is 18.2 Å². The Morgan fingerprint density at radius 2 is 1.44 bits per heavy atom. The van der Waals surface area contributed by atoms with E-state index in [1.807, 2.05) is 66.7 Å². The summed E-state index contributed by atoms with van der Waals surface area (Å²) in [6.07, 6.45) is 0. The van der Waals surface area contributed by atoms with E-state index in [9.17, 15) is 9.18 Å². The Morgan fingerprint density at radius 1 is 0.840 bits per heavy atom. The number of hydrogen-bond acceptors (Lipinski definition) is 2. The Hall–Kier alpha value is -3.14.